The Hall–Kier alpha value is -1.08. The van der Waals surface area contributed by atoms with Gasteiger partial charge in [0.1, 0.15) is 11.6 Å². The van der Waals surface area contributed by atoms with Crippen molar-refractivity contribution in [1.82, 2.24) is 0 Å². The summed E-state index contributed by atoms with van der Waals surface area (Å²) < 4.78 is 19.2. The van der Waals surface area contributed by atoms with E-state index >= 15 is 0 Å². The van der Waals surface area contributed by atoms with E-state index in [0.29, 0.717) is 15.8 Å². The van der Waals surface area contributed by atoms with Crippen molar-refractivity contribution in [3.63, 3.8) is 0 Å². The number of hydrogen-bond acceptors (Lipinski definition) is 2. The van der Waals surface area contributed by atoms with Crippen molar-refractivity contribution in [2.75, 3.05) is 7.11 Å². The summed E-state index contributed by atoms with van der Waals surface area (Å²) in [5, 5.41) is 8.93. The minimum absolute atomic E-state index is 0.359. The molecule has 0 aliphatic carbocycles. The van der Waals surface area contributed by atoms with Crippen LogP contribution in [0.1, 0.15) is 19.4 Å². The monoisotopic (exact) mass is 271 g/mol. The summed E-state index contributed by atoms with van der Waals surface area (Å²) in [7, 11) is 1.47. The molecule has 0 atom stereocenters. The van der Waals surface area contributed by atoms with Crippen molar-refractivity contribution in [2.45, 2.75) is 19.3 Å². The van der Waals surface area contributed by atoms with E-state index in [1.807, 2.05) is 0 Å². The number of ether oxygens (including phenoxy) is 1. The van der Waals surface area contributed by atoms with Crippen molar-refractivity contribution in [3.8, 4) is 11.8 Å². The average molecular weight is 272 g/mol. The fourth-order valence-corrected chi connectivity index (χ4v) is 1.73. The van der Waals surface area contributed by atoms with Crippen LogP contribution in [0.4, 0.5) is 4.39 Å². The van der Waals surface area contributed by atoms with E-state index in [9.17, 15) is 4.39 Å². The van der Waals surface area contributed by atoms with Crippen molar-refractivity contribution < 1.29 is 9.13 Å². The van der Waals surface area contributed by atoms with Gasteiger partial charge in [-0.05, 0) is 35.8 Å². The first-order valence-corrected chi connectivity index (χ1v) is 5.16. The van der Waals surface area contributed by atoms with Gasteiger partial charge in [-0.3, -0.25) is 0 Å². The fraction of sp³-hybridized carbons (Fsp3) is 0.364. The van der Waals surface area contributed by atoms with Crippen molar-refractivity contribution in [2.24, 2.45) is 0 Å². The predicted molar refractivity (Wildman–Crippen MR) is 59.3 cm³/mol. The second-order valence-electron chi connectivity index (χ2n) is 3.70. The maximum absolute atomic E-state index is 13.6. The molecule has 0 aliphatic heterocycles. The second-order valence-corrected chi connectivity index (χ2v) is 4.56. The first-order chi connectivity index (χ1) is 6.92. The van der Waals surface area contributed by atoms with E-state index in [2.05, 4.69) is 22.0 Å². The zero-order valence-electron chi connectivity index (χ0n) is 8.77. The summed E-state index contributed by atoms with van der Waals surface area (Å²) in [6.45, 7) is 3.34. The third-order valence-corrected chi connectivity index (χ3v) is 2.81. The third kappa shape index (κ3) is 2.29. The van der Waals surface area contributed by atoms with Crippen LogP contribution in [-0.4, -0.2) is 7.11 Å². The summed E-state index contributed by atoms with van der Waals surface area (Å²) in [5.74, 6) is -0.00779. The van der Waals surface area contributed by atoms with Crippen LogP contribution in [0.5, 0.6) is 5.75 Å². The van der Waals surface area contributed by atoms with E-state index in [-0.39, 0.29) is 0 Å². The Morgan fingerprint density at radius 3 is 2.53 bits per heavy atom. The van der Waals surface area contributed by atoms with E-state index in [1.165, 1.54) is 13.2 Å². The zero-order valence-corrected chi connectivity index (χ0v) is 10.4. The molecule has 0 radical (unpaired) electrons. The predicted octanol–water partition coefficient (Wildman–Crippen LogP) is 3.40. The number of nitrogens with zero attached hydrogens (tertiary/aromatic N) is 1. The Bertz CT molecular complexity index is 423. The highest BCUT2D eigenvalue weighted by atomic mass is 79.9. The molecule has 0 amide bonds. The smallest absolute Gasteiger partial charge is 0.135 e. The van der Waals surface area contributed by atoms with Crippen LogP contribution in [-0.2, 0) is 5.41 Å². The topological polar surface area (TPSA) is 33.0 Å². The van der Waals surface area contributed by atoms with Crippen LogP contribution in [0, 0.1) is 17.1 Å². The molecule has 1 aromatic rings. The van der Waals surface area contributed by atoms with Gasteiger partial charge < -0.3 is 4.74 Å². The Labute approximate surface area is 96.8 Å². The maximum Gasteiger partial charge on any atom is 0.135 e. The summed E-state index contributed by atoms with van der Waals surface area (Å²) in [6, 6.07) is 4.92. The first-order valence-electron chi connectivity index (χ1n) is 4.37. The molecular weight excluding hydrogens is 261 g/mol. The van der Waals surface area contributed by atoms with Crippen molar-refractivity contribution in [1.29, 1.82) is 5.26 Å². The standard InChI is InChI=1S/C11H11BrFNO/c1-11(2,6-14)7-4-8(12)10(15-3)5-9(7)13/h4-5H,1-3H3. The lowest BCUT2D eigenvalue weighted by Gasteiger charge is -2.18. The Kier molecular flexibility index (Phi) is 3.35. The van der Waals surface area contributed by atoms with Crippen LogP contribution in [0.2, 0.25) is 0 Å². The molecule has 0 saturated carbocycles. The molecule has 0 bridgehead atoms. The van der Waals surface area contributed by atoms with E-state index in [0.717, 1.165) is 0 Å². The van der Waals surface area contributed by atoms with Gasteiger partial charge in [0, 0.05) is 11.6 Å². The highest BCUT2D eigenvalue weighted by molar-refractivity contribution is 9.10. The maximum atomic E-state index is 13.6. The highest BCUT2D eigenvalue weighted by Gasteiger charge is 2.25. The van der Waals surface area contributed by atoms with Crippen molar-refractivity contribution in [3.05, 3.63) is 28.0 Å². The summed E-state index contributed by atoms with van der Waals surface area (Å²) in [6.07, 6.45) is 0. The molecule has 0 heterocycles. The summed E-state index contributed by atoms with van der Waals surface area (Å²) in [4.78, 5) is 0. The number of hydrogen-bond donors (Lipinski definition) is 0. The molecular formula is C11H11BrFNO. The molecule has 15 heavy (non-hydrogen) atoms. The van der Waals surface area contributed by atoms with Crippen LogP contribution in [0.15, 0.2) is 16.6 Å². The molecule has 0 saturated heterocycles. The highest BCUT2D eigenvalue weighted by Crippen LogP contribution is 2.33. The van der Waals surface area contributed by atoms with Gasteiger partial charge in [-0.1, -0.05) is 0 Å². The lowest BCUT2D eigenvalue weighted by molar-refractivity contribution is 0.407. The summed E-state index contributed by atoms with van der Waals surface area (Å²) in [5.41, 5.74) is -0.489. The average Bonchev–Trinajstić information content (AvgIpc) is 2.20. The van der Waals surface area contributed by atoms with Gasteiger partial charge in [0.2, 0.25) is 0 Å². The van der Waals surface area contributed by atoms with Crippen LogP contribution >= 0.6 is 15.9 Å². The molecule has 0 fully saturated rings. The van der Waals surface area contributed by atoms with Gasteiger partial charge in [-0.2, -0.15) is 5.26 Å². The molecule has 0 unspecified atom stereocenters. The second kappa shape index (κ2) is 4.19. The Balaban J connectivity index is 3.36. The van der Waals surface area contributed by atoms with E-state index in [1.54, 1.807) is 19.9 Å². The number of benzene rings is 1. The SMILES string of the molecule is COc1cc(F)c(C(C)(C)C#N)cc1Br. The molecule has 1 aromatic carbocycles. The normalized spacial score (nSPS) is 10.9. The van der Waals surface area contributed by atoms with Gasteiger partial charge in [-0.25, -0.2) is 4.39 Å². The van der Waals surface area contributed by atoms with E-state index < -0.39 is 11.2 Å². The quantitative estimate of drug-likeness (QED) is 0.826. The Morgan fingerprint density at radius 2 is 2.07 bits per heavy atom. The molecule has 0 aliphatic rings. The molecule has 0 N–H and O–H groups in total. The Morgan fingerprint density at radius 1 is 1.47 bits per heavy atom. The lowest BCUT2D eigenvalue weighted by atomic mass is 9.86. The lowest BCUT2D eigenvalue weighted by Crippen LogP contribution is -2.16. The van der Waals surface area contributed by atoms with Crippen LogP contribution in [0.3, 0.4) is 0 Å². The third-order valence-electron chi connectivity index (χ3n) is 2.19. The van der Waals surface area contributed by atoms with Crippen molar-refractivity contribution >= 4 is 15.9 Å². The van der Waals surface area contributed by atoms with Gasteiger partial charge in [-0.15, -0.1) is 0 Å². The minimum Gasteiger partial charge on any atom is -0.495 e. The molecule has 0 aromatic heterocycles. The number of halogens is 2. The molecule has 80 valence electrons. The van der Waals surface area contributed by atoms with E-state index in [4.69, 9.17) is 10.00 Å². The van der Waals surface area contributed by atoms with Gasteiger partial charge in [0.25, 0.3) is 0 Å². The number of nitriles is 1. The number of methoxy groups -OCH3 is 1. The minimum atomic E-state index is -0.848. The summed E-state index contributed by atoms with van der Waals surface area (Å²) >= 11 is 3.26. The fourth-order valence-electron chi connectivity index (χ4n) is 1.22. The van der Waals surface area contributed by atoms with Crippen LogP contribution in [0.25, 0.3) is 0 Å². The van der Waals surface area contributed by atoms with Gasteiger partial charge in [0.15, 0.2) is 0 Å². The van der Waals surface area contributed by atoms with Crippen LogP contribution < -0.4 is 4.74 Å². The number of rotatable bonds is 2. The molecule has 0 spiro atoms. The molecule has 4 heteroatoms. The van der Waals surface area contributed by atoms with Gasteiger partial charge in [0.05, 0.1) is 23.1 Å². The molecule has 2 nitrogen and oxygen atoms in total. The zero-order chi connectivity index (χ0) is 11.6. The first kappa shape index (κ1) is 12.0. The van der Waals surface area contributed by atoms with Gasteiger partial charge >= 0.3 is 0 Å². The largest absolute Gasteiger partial charge is 0.495 e. The molecule has 1 rings (SSSR count).